The van der Waals surface area contributed by atoms with Gasteiger partial charge in [0.25, 0.3) is 11.7 Å². The summed E-state index contributed by atoms with van der Waals surface area (Å²) in [6.45, 7) is 0. The molecule has 15 heavy (non-hydrogen) atoms. The molecule has 1 fully saturated rings. The Labute approximate surface area is 87.0 Å². The van der Waals surface area contributed by atoms with Crippen LogP contribution in [0.5, 0.6) is 0 Å². The largest absolute Gasteiger partial charge is 0.363 e. The molecule has 0 spiro atoms. The van der Waals surface area contributed by atoms with Crippen LogP contribution in [0.15, 0.2) is 4.52 Å². The SMILES string of the molecule is NC(=O)c1noc(C2(N)CCCCC2)n1. The monoisotopic (exact) mass is 210 g/mol. The van der Waals surface area contributed by atoms with Gasteiger partial charge in [0.1, 0.15) is 0 Å². The number of rotatable bonds is 2. The number of aromatic nitrogens is 2. The maximum Gasteiger partial charge on any atom is 0.290 e. The molecular weight excluding hydrogens is 196 g/mol. The van der Waals surface area contributed by atoms with Crippen molar-refractivity contribution in [2.45, 2.75) is 37.6 Å². The molecule has 0 saturated heterocycles. The van der Waals surface area contributed by atoms with Crippen molar-refractivity contribution < 1.29 is 9.32 Å². The highest BCUT2D eigenvalue weighted by atomic mass is 16.5. The number of primary amides is 1. The van der Waals surface area contributed by atoms with Gasteiger partial charge in [-0.1, -0.05) is 24.4 Å². The third kappa shape index (κ3) is 1.85. The van der Waals surface area contributed by atoms with Crippen LogP contribution in [0, 0.1) is 0 Å². The first-order valence-electron chi connectivity index (χ1n) is 5.05. The molecule has 0 radical (unpaired) electrons. The topological polar surface area (TPSA) is 108 Å². The van der Waals surface area contributed by atoms with Crippen LogP contribution in [0.4, 0.5) is 0 Å². The quantitative estimate of drug-likeness (QED) is 0.729. The van der Waals surface area contributed by atoms with Crippen molar-refractivity contribution in [2.24, 2.45) is 11.5 Å². The van der Waals surface area contributed by atoms with Gasteiger partial charge in [-0.25, -0.2) is 0 Å². The van der Waals surface area contributed by atoms with Crippen LogP contribution in [0.25, 0.3) is 0 Å². The summed E-state index contributed by atoms with van der Waals surface area (Å²) in [7, 11) is 0. The average molecular weight is 210 g/mol. The number of nitrogens with two attached hydrogens (primary N) is 2. The lowest BCUT2D eigenvalue weighted by atomic mass is 9.82. The standard InChI is InChI=1S/C9H14N4O2/c10-6(14)7-12-8(15-13-7)9(11)4-2-1-3-5-9/h1-5,11H2,(H2,10,14). The predicted molar refractivity (Wildman–Crippen MR) is 51.8 cm³/mol. The molecule has 0 bridgehead atoms. The first-order chi connectivity index (χ1) is 7.12. The van der Waals surface area contributed by atoms with Crippen LogP contribution in [-0.4, -0.2) is 16.0 Å². The zero-order valence-electron chi connectivity index (χ0n) is 8.40. The minimum absolute atomic E-state index is 0.0969. The predicted octanol–water partition coefficient (Wildman–Crippen LogP) is 0.287. The molecule has 1 saturated carbocycles. The third-order valence-corrected chi connectivity index (χ3v) is 2.82. The van der Waals surface area contributed by atoms with Crippen molar-refractivity contribution in [1.29, 1.82) is 0 Å². The van der Waals surface area contributed by atoms with Gasteiger partial charge < -0.3 is 16.0 Å². The molecule has 2 rings (SSSR count). The van der Waals surface area contributed by atoms with E-state index in [4.69, 9.17) is 16.0 Å². The Bertz CT molecular complexity index is 368. The van der Waals surface area contributed by atoms with Gasteiger partial charge in [0.15, 0.2) is 0 Å². The summed E-state index contributed by atoms with van der Waals surface area (Å²) in [6, 6.07) is 0. The lowest BCUT2D eigenvalue weighted by molar-refractivity contribution is 0.0987. The highest BCUT2D eigenvalue weighted by Gasteiger charge is 2.35. The van der Waals surface area contributed by atoms with E-state index >= 15 is 0 Å². The van der Waals surface area contributed by atoms with E-state index in [0.29, 0.717) is 5.89 Å². The Morgan fingerprint density at radius 3 is 2.53 bits per heavy atom. The summed E-state index contributed by atoms with van der Waals surface area (Å²) < 4.78 is 4.98. The fourth-order valence-corrected chi connectivity index (χ4v) is 1.92. The number of amides is 1. The summed E-state index contributed by atoms with van der Waals surface area (Å²) in [5.74, 6) is -0.458. The zero-order valence-corrected chi connectivity index (χ0v) is 8.40. The molecule has 6 heteroatoms. The number of nitrogens with zero attached hydrogens (tertiary/aromatic N) is 2. The van der Waals surface area contributed by atoms with Crippen LogP contribution >= 0.6 is 0 Å². The van der Waals surface area contributed by atoms with Crippen molar-refractivity contribution in [2.75, 3.05) is 0 Å². The van der Waals surface area contributed by atoms with Gasteiger partial charge in [-0.3, -0.25) is 4.79 Å². The molecule has 1 heterocycles. The number of carbonyl (C=O) groups is 1. The number of hydrogen-bond donors (Lipinski definition) is 2. The lowest BCUT2D eigenvalue weighted by Crippen LogP contribution is -2.39. The van der Waals surface area contributed by atoms with Crippen molar-refractivity contribution >= 4 is 5.91 Å². The smallest absolute Gasteiger partial charge is 0.290 e. The molecule has 0 aromatic carbocycles. The Balaban J connectivity index is 2.23. The molecule has 1 aromatic heterocycles. The van der Waals surface area contributed by atoms with E-state index in [1.807, 2.05) is 0 Å². The second-order valence-corrected chi connectivity index (χ2v) is 4.00. The van der Waals surface area contributed by atoms with Crippen molar-refractivity contribution in [3.05, 3.63) is 11.7 Å². The van der Waals surface area contributed by atoms with E-state index in [0.717, 1.165) is 25.7 Å². The van der Waals surface area contributed by atoms with Gasteiger partial charge in [0, 0.05) is 0 Å². The normalized spacial score (nSPS) is 20.1. The van der Waals surface area contributed by atoms with Crippen molar-refractivity contribution in [3.8, 4) is 0 Å². The minimum atomic E-state index is -0.690. The second-order valence-electron chi connectivity index (χ2n) is 4.00. The van der Waals surface area contributed by atoms with Gasteiger partial charge in [-0.05, 0) is 12.8 Å². The summed E-state index contributed by atoms with van der Waals surface area (Å²) in [5.41, 5.74) is 10.6. The van der Waals surface area contributed by atoms with Crippen molar-refractivity contribution in [3.63, 3.8) is 0 Å². The van der Waals surface area contributed by atoms with Crippen LogP contribution in [-0.2, 0) is 5.54 Å². The van der Waals surface area contributed by atoms with Crippen LogP contribution in [0.2, 0.25) is 0 Å². The second kappa shape index (κ2) is 3.62. The summed E-state index contributed by atoms with van der Waals surface area (Å²) in [4.78, 5) is 14.7. The van der Waals surface area contributed by atoms with Crippen LogP contribution in [0.1, 0.15) is 48.6 Å². The average Bonchev–Trinajstić information content (AvgIpc) is 2.68. The maximum atomic E-state index is 10.8. The highest BCUT2D eigenvalue weighted by molar-refractivity contribution is 5.88. The number of carbonyl (C=O) groups excluding carboxylic acids is 1. The molecule has 4 N–H and O–H groups in total. The fourth-order valence-electron chi connectivity index (χ4n) is 1.92. The Kier molecular flexibility index (Phi) is 2.44. The molecule has 0 unspecified atom stereocenters. The molecule has 0 atom stereocenters. The Morgan fingerprint density at radius 1 is 1.33 bits per heavy atom. The third-order valence-electron chi connectivity index (χ3n) is 2.82. The first-order valence-corrected chi connectivity index (χ1v) is 5.05. The molecular formula is C9H14N4O2. The zero-order chi connectivity index (χ0) is 10.9. The van der Waals surface area contributed by atoms with Crippen LogP contribution in [0.3, 0.4) is 0 Å². The fraction of sp³-hybridized carbons (Fsp3) is 0.667. The van der Waals surface area contributed by atoms with Crippen molar-refractivity contribution in [1.82, 2.24) is 10.1 Å². The Morgan fingerprint density at radius 2 is 2.00 bits per heavy atom. The van der Waals surface area contributed by atoms with E-state index in [9.17, 15) is 4.79 Å². The van der Waals surface area contributed by atoms with E-state index in [1.54, 1.807) is 0 Å². The van der Waals surface area contributed by atoms with Gasteiger partial charge in [-0.15, -0.1) is 0 Å². The maximum absolute atomic E-state index is 10.8. The molecule has 1 aromatic rings. The van der Waals surface area contributed by atoms with Gasteiger partial charge >= 0.3 is 0 Å². The molecule has 0 aliphatic heterocycles. The minimum Gasteiger partial charge on any atom is -0.363 e. The summed E-state index contributed by atoms with van der Waals surface area (Å²) in [6.07, 6.45) is 4.89. The highest BCUT2D eigenvalue weighted by Crippen LogP contribution is 2.33. The summed E-state index contributed by atoms with van der Waals surface area (Å²) >= 11 is 0. The molecule has 1 amide bonds. The number of hydrogen-bond acceptors (Lipinski definition) is 5. The van der Waals surface area contributed by atoms with Crippen LogP contribution < -0.4 is 11.5 Å². The van der Waals surface area contributed by atoms with Gasteiger partial charge in [0.2, 0.25) is 5.89 Å². The van der Waals surface area contributed by atoms with Gasteiger partial charge in [0.05, 0.1) is 5.54 Å². The Hall–Kier alpha value is -1.43. The lowest BCUT2D eigenvalue weighted by Gasteiger charge is -2.29. The van der Waals surface area contributed by atoms with Gasteiger partial charge in [-0.2, -0.15) is 4.98 Å². The molecule has 82 valence electrons. The van der Waals surface area contributed by atoms with E-state index in [2.05, 4.69) is 10.1 Å². The molecule has 1 aliphatic carbocycles. The van der Waals surface area contributed by atoms with E-state index in [1.165, 1.54) is 6.42 Å². The first kappa shape index (κ1) is 10.1. The summed E-state index contributed by atoms with van der Waals surface area (Å²) in [5, 5.41) is 3.50. The van der Waals surface area contributed by atoms with E-state index in [-0.39, 0.29) is 5.82 Å². The molecule has 6 nitrogen and oxygen atoms in total. The molecule has 1 aliphatic rings. The van der Waals surface area contributed by atoms with E-state index < -0.39 is 11.4 Å².